The summed E-state index contributed by atoms with van der Waals surface area (Å²) < 4.78 is 24.1. The van der Waals surface area contributed by atoms with Crippen LogP contribution in [0.4, 0.5) is 10.1 Å². The monoisotopic (exact) mass is 438 g/mol. The van der Waals surface area contributed by atoms with Crippen molar-refractivity contribution in [3.05, 3.63) is 77.4 Å². The molecule has 0 aromatic heterocycles. The Kier molecular flexibility index (Phi) is 8.61. The van der Waals surface area contributed by atoms with Crippen molar-refractivity contribution in [3.63, 3.8) is 0 Å². The Hall–Kier alpha value is -3.41. The van der Waals surface area contributed by atoms with E-state index in [2.05, 4.69) is 15.5 Å². The lowest BCUT2D eigenvalue weighted by Crippen LogP contribution is -2.46. The van der Waals surface area contributed by atoms with Gasteiger partial charge in [0.15, 0.2) is 5.57 Å². The molecule has 168 valence electrons. The van der Waals surface area contributed by atoms with Crippen LogP contribution in [0.15, 0.2) is 66.0 Å². The Labute approximate surface area is 187 Å². The zero-order valence-electron chi connectivity index (χ0n) is 18.0. The fourth-order valence-corrected chi connectivity index (χ4v) is 3.38. The molecule has 8 heteroatoms. The van der Waals surface area contributed by atoms with E-state index in [-0.39, 0.29) is 29.9 Å². The summed E-state index contributed by atoms with van der Waals surface area (Å²) in [6, 6.07) is 17.7. The molecule has 1 unspecified atom stereocenters. The van der Waals surface area contributed by atoms with Crippen LogP contribution < -0.4 is 10.6 Å². The maximum Gasteiger partial charge on any atom is 0.352 e. The molecule has 1 saturated heterocycles. The number of carbonyl (C=O) groups is 1. The van der Waals surface area contributed by atoms with Gasteiger partial charge in [0, 0.05) is 31.9 Å². The van der Waals surface area contributed by atoms with E-state index in [9.17, 15) is 14.4 Å². The predicted octanol–water partition coefficient (Wildman–Crippen LogP) is 3.03. The molecule has 1 heterocycles. The normalized spacial score (nSPS) is 17.1. The van der Waals surface area contributed by atoms with Gasteiger partial charge < -0.3 is 20.1 Å². The van der Waals surface area contributed by atoms with Gasteiger partial charge in [-0.05, 0) is 36.8 Å². The van der Waals surface area contributed by atoms with Crippen molar-refractivity contribution >= 4 is 11.7 Å². The Morgan fingerprint density at radius 2 is 2.00 bits per heavy atom. The molecule has 32 heavy (non-hydrogen) atoms. The van der Waals surface area contributed by atoms with E-state index in [1.165, 1.54) is 12.1 Å². The summed E-state index contributed by atoms with van der Waals surface area (Å²) in [6.45, 7) is 4.93. The molecule has 0 radical (unpaired) electrons. The van der Waals surface area contributed by atoms with Gasteiger partial charge in [0.2, 0.25) is 0 Å². The molecule has 0 amide bonds. The second-order valence-corrected chi connectivity index (χ2v) is 7.31. The largest absolute Gasteiger partial charge is 0.462 e. The predicted molar refractivity (Wildman–Crippen MR) is 119 cm³/mol. The minimum atomic E-state index is -0.691. The van der Waals surface area contributed by atoms with Crippen molar-refractivity contribution in [3.8, 4) is 6.07 Å². The Balaban J connectivity index is 1.67. The molecule has 1 fully saturated rings. The Morgan fingerprint density at radius 1 is 1.25 bits per heavy atom. The first-order valence-corrected chi connectivity index (χ1v) is 10.5. The van der Waals surface area contributed by atoms with Gasteiger partial charge in [-0.2, -0.15) is 5.26 Å². The number of anilines is 1. The highest BCUT2D eigenvalue weighted by molar-refractivity contribution is 5.94. The van der Waals surface area contributed by atoms with Gasteiger partial charge in [-0.15, -0.1) is 0 Å². The molecule has 0 aliphatic carbocycles. The lowest BCUT2D eigenvalue weighted by atomic mass is 10.2. The van der Waals surface area contributed by atoms with E-state index in [0.29, 0.717) is 26.2 Å². The number of hydrogen-bond acceptors (Lipinski definition) is 7. The maximum absolute atomic E-state index is 13.2. The number of esters is 1. The lowest BCUT2D eigenvalue weighted by Gasteiger charge is -2.33. The fraction of sp³-hybridized carbons (Fsp3) is 0.333. The van der Waals surface area contributed by atoms with Gasteiger partial charge in [0.05, 0.1) is 19.3 Å². The van der Waals surface area contributed by atoms with Crippen molar-refractivity contribution in [2.75, 3.05) is 38.2 Å². The van der Waals surface area contributed by atoms with E-state index in [1.807, 2.05) is 36.4 Å². The van der Waals surface area contributed by atoms with Crippen molar-refractivity contribution in [2.45, 2.75) is 19.6 Å². The van der Waals surface area contributed by atoms with E-state index in [1.54, 1.807) is 19.1 Å². The number of ether oxygens (including phenoxy) is 2. The highest BCUT2D eigenvalue weighted by Gasteiger charge is 2.23. The van der Waals surface area contributed by atoms with Crippen LogP contribution in [-0.2, 0) is 20.8 Å². The number of nitrogens with zero attached hydrogens (tertiary/aromatic N) is 2. The number of carbonyl (C=O) groups excluding carboxylic acids is 1. The van der Waals surface area contributed by atoms with Crippen LogP contribution in [0.25, 0.3) is 0 Å². The van der Waals surface area contributed by atoms with Crippen LogP contribution in [0.2, 0.25) is 0 Å². The third-order valence-electron chi connectivity index (χ3n) is 4.93. The molecule has 2 aromatic carbocycles. The van der Waals surface area contributed by atoms with E-state index < -0.39 is 5.97 Å². The molecule has 0 bridgehead atoms. The van der Waals surface area contributed by atoms with E-state index >= 15 is 0 Å². The van der Waals surface area contributed by atoms with Gasteiger partial charge in [0.1, 0.15) is 17.7 Å². The van der Waals surface area contributed by atoms with Gasteiger partial charge in [-0.3, -0.25) is 4.90 Å². The third kappa shape index (κ3) is 6.80. The number of benzene rings is 2. The van der Waals surface area contributed by atoms with Crippen LogP contribution in [0.3, 0.4) is 0 Å². The molecule has 7 nitrogen and oxygen atoms in total. The van der Waals surface area contributed by atoms with Crippen LogP contribution in [0.1, 0.15) is 12.5 Å². The number of rotatable bonds is 9. The molecule has 1 atom stereocenters. The maximum atomic E-state index is 13.2. The zero-order chi connectivity index (χ0) is 22.8. The average molecular weight is 439 g/mol. The summed E-state index contributed by atoms with van der Waals surface area (Å²) >= 11 is 0. The van der Waals surface area contributed by atoms with Crippen molar-refractivity contribution in [1.29, 1.82) is 5.26 Å². The van der Waals surface area contributed by atoms with Crippen molar-refractivity contribution < 1.29 is 18.7 Å². The van der Waals surface area contributed by atoms with Gasteiger partial charge in [0.25, 0.3) is 0 Å². The van der Waals surface area contributed by atoms with Crippen LogP contribution in [0.5, 0.6) is 0 Å². The second-order valence-electron chi connectivity index (χ2n) is 7.31. The molecule has 0 spiro atoms. The number of nitriles is 1. The van der Waals surface area contributed by atoms with Crippen LogP contribution in [0, 0.1) is 17.1 Å². The highest BCUT2D eigenvalue weighted by atomic mass is 19.1. The SMILES string of the molecule is CCOC(=O)/C(C#N)=C(/NCC1CN(Cc2ccc(F)cc2)CCO1)Nc1ccccc1. The standard InChI is InChI=1S/C24H27FN4O3/c1-2-31-24(30)22(14-26)23(28-20-6-4-3-5-7-20)27-15-21-17-29(12-13-32-21)16-18-8-10-19(25)11-9-18/h3-11,21,27-28H,2,12-13,15-17H2,1H3/b23-22-. The summed E-state index contributed by atoms with van der Waals surface area (Å²) in [7, 11) is 0. The first-order chi connectivity index (χ1) is 15.6. The number of hydrogen-bond donors (Lipinski definition) is 2. The lowest BCUT2D eigenvalue weighted by molar-refractivity contribution is -0.138. The summed E-state index contributed by atoms with van der Waals surface area (Å²) in [6.07, 6.45) is -0.154. The Bertz CT molecular complexity index is 957. The molecular weight excluding hydrogens is 411 g/mol. The summed E-state index contributed by atoms with van der Waals surface area (Å²) in [4.78, 5) is 14.5. The molecule has 1 aliphatic heterocycles. The number of morpholine rings is 1. The molecule has 3 rings (SSSR count). The molecule has 0 saturated carbocycles. The molecular formula is C24H27FN4O3. The van der Waals surface area contributed by atoms with E-state index in [4.69, 9.17) is 9.47 Å². The minimum Gasteiger partial charge on any atom is -0.462 e. The first-order valence-electron chi connectivity index (χ1n) is 10.5. The number of para-hydroxylation sites is 1. The average Bonchev–Trinajstić information content (AvgIpc) is 2.80. The molecule has 2 N–H and O–H groups in total. The summed E-state index contributed by atoms with van der Waals surface area (Å²) in [5.74, 6) is -0.669. The van der Waals surface area contributed by atoms with Gasteiger partial charge >= 0.3 is 5.97 Å². The molecule has 1 aliphatic rings. The highest BCUT2D eigenvalue weighted by Crippen LogP contribution is 2.14. The molecule has 2 aromatic rings. The Morgan fingerprint density at radius 3 is 2.69 bits per heavy atom. The van der Waals surface area contributed by atoms with Gasteiger partial charge in [-0.25, -0.2) is 9.18 Å². The fourth-order valence-electron chi connectivity index (χ4n) is 3.38. The minimum absolute atomic E-state index is 0.130. The van der Waals surface area contributed by atoms with Gasteiger partial charge in [-0.1, -0.05) is 30.3 Å². The van der Waals surface area contributed by atoms with Crippen molar-refractivity contribution in [2.24, 2.45) is 0 Å². The van der Waals surface area contributed by atoms with Crippen LogP contribution in [-0.4, -0.2) is 49.8 Å². The zero-order valence-corrected chi connectivity index (χ0v) is 18.0. The van der Waals surface area contributed by atoms with Crippen LogP contribution >= 0.6 is 0 Å². The third-order valence-corrected chi connectivity index (χ3v) is 4.93. The first kappa shape index (κ1) is 23.3. The topological polar surface area (TPSA) is 86.6 Å². The van der Waals surface area contributed by atoms with Crippen molar-refractivity contribution in [1.82, 2.24) is 10.2 Å². The smallest absolute Gasteiger partial charge is 0.352 e. The summed E-state index contributed by atoms with van der Waals surface area (Å²) in [5, 5.41) is 15.8. The number of nitrogens with one attached hydrogen (secondary N) is 2. The second kappa shape index (κ2) is 11.8. The van der Waals surface area contributed by atoms with E-state index in [0.717, 1.165) is 17.8 Å². The quantitative estimate of drug-likeness (QED) is 0.354. The number of halogens is 1. The summed E-state index contributed by atoms with van der Waals surface area (Å²) in [5.41, 5.74) is 1.63.